The van der Waals surface area contributed by atoms with Gasteiger partial charge in [0.1, 0.15) is 28.6 Å². The number of amides is 1. The molecule has 9 heteroatoms. The predicted octanol–water partition coefficient (Wildman–Crippen LogP) is 3.77. The minimum atomic E-state index is -1.24. The van der Waals surface area contributed by atoms with Crippen LogP contribution in [-0.4, -0.2) is 28.7 Å². The Morgan fingerprint density at radius 1 is 1.19 bits per heavy atom. The third-order valence-electron chi connectivity index (χ3n) is 3.48. The van der Waals surface area contributed by atoms with Crippen molar-refractivity contribution in [3.05, 3.63) is 54.1 Å². The van der Waals surface area contributed by atoms with Crippen LogP contribution in [0, 0.1) is 11.6 Å². The Morgan fingerprint density at radius 3 is 2.59 bits per heavy atom. The number of oxazole rings is 1. The zero-order valence-electron chi connectivity index (χ0n) is 14.1. The third kappa shape index (κ3) is 4.62. The Balaban J connectivity index is 1.53. The van der Waals surface area contributed by atoms with Crippen LogP contribution in [0.4, 0.5) is 14.5 Å². The molecule has 1 aromatic heterocycles. The van der Waals surface area contributed by atoms with E-state index in [1.165, 1.54) is 13.0 Å². The van der Waals surface area contributed by atoms with Gasteiger partial charge in [-0.15, -0.1) is 0 Å². The Labute approximate surface area is 156 Å². The first kappa shape index (κ1) is 18.8. The van der Waals surface area contributed by atoms with Gasteiger partial charge in [-0.25, -0.2) is 13.8 Å². The fraction of sp³-hybridized carbons (Fsp3) is 0.167. The molecule has 3 rings (SSSR count). The number of benzene rings is 2. The fourth-order valence-electron chi connectivity index (χ4n) is 2.16. The number of thioether (sulfide) groups is 1. The van der Waals surface area contributed by atoms with Gasteiger partial charge >= 0.3 is 5.97 Å². The van der Waals surface area contributed by atoms with Crippen LogP contribution in [-0.2, 0) is 14.3 Å². The number of halogens is 2. The number of aromatic nitrogens is 1. The van der Waals surface area contributed by atoms with Crippen LogP contribution in [0.15, 0.2) is 52.1 Å². The lowest BCUT2D eigenvalue weighted by molar-refractivity contribution is -0.150. The van der Waals surface area contributed by atoms with E-state index in [4.69, 9.17) is 9.15 Å². The third-order valence-corrected chi connectivity index (χ3v) is 4.28. The molecule has 1 heterocycles. The quantitative estimate of drug-likeness (QED) is 0.508. The monoisotopic (exact) mass is 392 g/mol. The van der Waals surface area contributed by atoms with Crippen LogP contribution in [0.25, 0.3) is 11.1 Å². The average molecular weight is 392 g/mol. The molecule has 6 nitrogen and oxygen atoms in total. The molecule has 0 radical (unpaired) electrons. The highest BCUT2D eigenvalue weighted by Gasteiger charge is 2.21. The summed E-state index contributed by atoms with van der Waals surface area (Å²) in [4.78, 5) is 28.1. The molecule has 3 aromatic rings. The van der Waals surface area contributed by atoms with Gasteiger partial charge in [-0.2, -0.15) is 0 Å². The van der Waals surface area contributed by atoms with Gasteiger partial charge in [0, 0.05) is 0 Å². The number of nitrogens with one attached hydrogen (secondary N) is 1. The van der Waals surface area contributed by atoms with Crippen LogP contribution in [0.1, 0.15) is 6.92 Å². The molecule has 27 heavy (non-hydrogen) atoms. The van der Waals surface area contributed by atoms with E-state index < -0.39 is 35.3 Å². The lowest BCUT2D eigenvalue weighted by Crippen LogP contribution is -2.31. The highest BCUT2D eigenvalue weighted by atomic mass is 32.2. The fourth-order valence-corrected chi connectivity index (χ4v) is 2.78. The first-order chi connectivity index (χ1) is 12.9. The first-order valence-electron chi connectivity index (χ1n) is 7.87. The van der Waals surface area contributed by atoms with E-state index in [1.54, 1.807) is 18.2 Å². The molecule has 1 amide bonds. The molecule has 0 saturated heterocycles. The second kappa shape index (κ2) is 8.17. The molecule has 0 aliphatic rings. The number of fused-ring (bicyclic) bond motifs is 1. The number of carbonyl (C=O) groups is 2. The molecule has 0 aliphatic heterocycles. The second-order valence-corrected chi connectivity index (χ2v) is 6.38. The molecule has 2 aromatic carbocycles. The largest absolute Gasteiger partial charge is 0.452 e. The van der Waals surface area contributed by atoms with Crippen molar-refractivity contribution in [3.8, 4) is 0 Å². The Bertz CT molecular complexity index is 939. The van der Waals surface area contributed by atoms with E-state index >= 15 is 0 Å². The summed E-state index contributed by atoms with van der Waals surface area (Å²) in [6.07, 6.45) is -1.24. The maximum absolute atomic E-state index is 13.5. The lowest BCUT2D eigenvalue weighted by Gasteiger charge is -2.14. The van der Waals surface area contributed by atoms with Crippen LogP contribution >= 0.6 is 11.8 Å². The standard InChI is InChI=1S/C18H14F2N2O4S/c1-10(17(24)22-16-11(19)5-4-6-12(16)20)25-15(23)9-27-18-21-13-7-2-3-8-14(13)26-18/h2-8,10H,9H2,1H3,(H,22,24)/t10-/m0/s1. The Morgan fingerprint density at radius 2 is 1.89 bits per heavy atom. The predicted molar refractivity (Wildman–Crippen MR) is 95.3 cm³/mol. The van der Waals surface area contributed by atoms with Crippen molar-refractivity contribution >= 4 is 40.4 Å². The summed E-state index contributed by atoms with van der Waals surface area (Å²) in [5, 5.41) is 2.36. The van der Waals surface area contributed by atoms with Crippen LogP contribution < -0.4 is 5.32 Å². The number of ether oxygens (including phenoxy) is 1. The number of esters is 1. The summed E-state index contributed by atoms with van der Waals surface area (Å²) in [6, 6.07) is 10.3. The van der Waals surface area contributed by atoms with E-state index in [1.807, 2.05) is 6.07 Å². The van der Waals surface area contributed by atoms with Crippen molar-refractivity contribution in [2.75, 3.05) is 11.1 Å². The molecule has 0 aliphatic carbocycles. The summed E-state index contributed by atoms with van der Waals surface area (Å²) in [5.74, 6) is -3.53. The lowest BCUT2D eigenvalue weighted by atomic mass is 10.2. The Hall–Kier alpha value is -2.94. The minimum Gasteiger partial charge on any atom is -0.452 e. The molecule has 0 bridgehead atoms. The van der Waals surface area contributed by atoms with E-state index in [9.17, 15) is 18.4 Å². The summed E-state index contributed by atoms with van der Waals surface area (Å²) in [7, 11) is 0. The maximum atomic E-state index is 13.5. The van der Waals surface area contributed by atoms with Crippen molar-refractivity contribution in [1.82, 2.24) is 4.98 Å². The average Bonchev–Trinajstić information content (AvgIpc) is 3.06. The first-order valence-corrected chi connectivity index (χ1v) is 8.85. The number of para-hydroxylation sites is 3. The van der Waals surface area contributed by atoms with E-state index in [-0.39, 0.29) is 5.75 Å². The van der Waals surface area contributed by atoms with Gasteiger partial charge in [0.2, 0.25) is 0 Å². The number of anilines is 1. The van der Waals surface area contributed by atoms with E-state index in [2.05, 4.69) is 10.3 Å². The van der Waals surface area contributed by atoms with Crippen molar-refractivity contribution < 1.29 is 27.5 Å². The van der Waals surface area contributed by atoms with Crippen LogP contribution in [0.3, 0.4) is 0 Å². The highest BCUT2D eigenvalue weighted by Crippen LogP contribution is 2.23. The highest BCUT2D eigenvalue weighted by molar-refractivity contribution is 7.99. The molecular weight excluding hydrogens is 378 g/mol. The van der Waals surface area contributed by atoms with Crippen molar-refractivity contribution in [2.24, 2.45) is 0 Å². The molecule has 140 valence electrons. The summed E-state index contributed by atoms with van der Waals surface area (Å²) in [5.41, 5.74) is 0.660. The molecular formula is C18H14F2N2O4S. The van der Waals surface area contributed by atoms with Gasteiger partial charge < -0.3 is 14.5 Å². The maximum Gasteiger partial charge on any atom is 0.317 e. The van der Waals surface area contributed by atoms with Crippen LogP contribution in [0.2, 0.25) is 0 Å². The topological polar surface area (TPSA) is 81.4 Å². The van der Waals surface area contributed by atoms with Gasteiger partial charge in [0.25, 0.3) is 11.1 Å². The number of carbonyl (C=O) groups excluding carboxylic acids is 2. The SMILES string of the molecule is C[C@H](OC(=O)CSc1nc2ccccc2o1)C(=O)Nc1c(F)cccc1F. The van der Waals surface area contributed by atoms with Gasteiger partial charge in [-0.1, -0.05) is 30.0 Å². The molecule has 0 spiro atoms. The molecule has 1 atom stereocenters. The normalized spacial score (nSPS) is 12.0. The van der Waals surface area contributed by atoms with Crippen molar-refractivity contribution in [2.45, 2.75) is 18.3 Å². The summed E-state index contributed by atoms with van der Waals surface area (Å²) >= 11 is 1.01. The summed E-state index contributed by atoms with van der Waals surface area (Å²) in [6.45, 7) is 1.30. The van der Waals surface area contributed by atoms with Crippen molar-refractivity contribution in [3.63, 3.8) is 0 Å². The van der Waals surface area contributed by atoms with E-state index in [0.717, 1.165) is 23.9 Å². The van der Waals surface area contributed by atoms with Gasteiger partial charge in [0.15, 0.2) is 11.7 Å². The number of rotatable bonds is 6. The van der Waals surface area contributed by atoms with Gasteiger partial charge in [-0.3, -0.25) is 9.59 Å². The van der Waals surface area contributed by atoms with E-state index in [0.29, 0.717) is 16.3 Å². The van der Waals surface area contributed by atoms with Gasteiger partial charge in [-0.05, 0) is 31.2 Å². The number of hydrogen-bond acceptors (Lipinski definition) is 6. The number of nitrogens with zero attached hydrogens (tertiary/aromatic N) is 1. The van der Waals surface area contributed by atoms with Gasteiger partial charge in [0.05, 0.1) is 0 Å². The van der Waals surface area contributed by atoms with Crippen molar-refractivity contribution in [1.29, 1.82) is 0 Å². The molecule has 0 unspecified atom stereocenters. The van der Waals surface area contributed by atoms with Crippen LogP contribution in [0.5, 0.6) is 0 Å². The second-order valence-electron chi connectivity index (χ2n) is 5.45. The molecule has 0 saturated carbocycles. The molecule has 0 fully saturated rings. The molecule has 1 N–H and O–H groups in total. The minimum absolute atomic E-state index is 0.140. The smallest absolute Gasteiger partial charge is 0.317 e. The number of hydrogen-bond donors (Lipinski definition) is 1. The summed E-state index contributed by atoms with van der Waals surface area (Å²) < 4.78 is 37.5. The zero-order chi connectivity index (χ0) is 19.4. The zero-order valence-corrected chi connectivity index (χ0v) is 14.9. The Kier molecular flexibility index (Phi) is 5.70.